The third kappa shape index (κ3) is 4.63. The first-order valence-electron chi connectivity index (χ1n) is 13.5. The summed E-state index contributed by atoms with van der Waals surface area (Å²) in [5.41, 5.74) is 4.62. The van der Waals surface area contributed by atoms with Crippen LogP contribution in [0.15, 0.2) is 72.8 Å². The van der Waals surface area contributed by atoms with Gasteiger partial charge in [0.25, 0.3) is 0 Å². The van der Waals surface area contributed by atoms with E-state index >= 15 is 0 Å². The number of nitrogens with zero attached hydrogens (tertiary/aromatic N) is 1. The van der Waals surface area contributed by atoms with Crippen molar-refractivity contribution in [3.63, 3.8) is 0 Å². The Morgan fingerprint density at radius 1 is 0.976 bits per heavy atom. The van der Waals surface area contributed by atoms with Crippen molar-refractivity contribution in [2.75, 3.05) is 6.61 Å². The van der Waals surface area contributed by atoms with E-state index in [1.54, 1.807) is 13.8 Å². The molecule has 11 heteroatoms. The molecule has 2 fully saturated rings. The Balaban J connectivity index is 1.17. The number of β-lactam (4-membered cyclic amide) rings is 1. The number of carboxylic acids is 1. The molecule has 0 radical (unpaired) electrons. The summed E-state index contributed by atoms with van der Waals surface area (Å²) in [6.45, 7) is 3.54. The van der Waals surface area contributed by atoms with Gasteiger partial charge < -0.3 is 30.5 Å². The molecule has 1 aliphatic carbocycles. The SMILES string of the molecule is CC1(C)S[C@@H]2[C@H](NC(=O)[C@H](NC(=O)OCC3c4ccccc4-c4ccccc43)c3ccc(O)cc3)C(=O)N2[C@H]1C(=O)O. The maximum atomic E-state index is 13.5. The van der Waals surface area contributed by atoms with Crippen LogP contribution in [0, 0.1) is 0 Å². The van der Waals surface area contributed by atoms with E-state index < -0.39 is 52.1 Å². The number of carbonyl (C=O) groups excluding carboxylic acids is 3. The summed E-state index contributed by atoms with van der Waals surface area (Å²) >= 11 is 1.31. The summed E-state index contributed by atoms with van der Waals surface area (Å²) in [6.07, 6.45) is -0.825. The average Bonchev–Trinajstić information content (AvgIpc) is 3.43. The van der Waals surface area contributed by atoms with Crippen LogP contribution in [0.3, 0.4) is 0 Å². The maximum absolute atomic E-state index is 13.5. The minimum Gasteiger partial charge on any atom is -0.508 e. The number of rotatable bonds is 7. The van der Waals surface area contributed by atoms with Gasteiger partial charge >= 0.3 is 12.1 Å². The van der Waals surface area contributed by atoms with Gasteiger partial charge in [0, 0.05) is 10.7 Å². The Morgan fingerprint density at radius 2 is 1.57 bits per heavy atom. The van der Waals surface area contributed by atoms with Crippen molar-refractivity contribution in [3.05, 3.63) is 89.5 Å². The van der Waals surface area contributed by atoms with Crippen molar-refractivity contribution in [1.29, 1.82) is 0 Å². The lowest BCUT2D eigenvalue weighted by Gasteiger charge is -2.44. The summed E-state index contributed by atoms with van der Waals surface area (Å²) in [4.78, 5) is 52.7. The second-order valence-corrected chi connectivity index (χ2v) is 12.8. The fourth-order valence-corrected chi connectivity index (χ4v) is 7.73. The van der Waals surface area contributed by atoms with Gasteiger partial charge in [-0.05, 0) is 53.8 Å². The van der Waals surface area contributed by atoms with E-state index in [9.17, 15) is 29.4 Å². The minimum absolute atomic E-state index is 0.0202. The number of amides is 3. The molecular formula is C31H29N3O7S. The molecule has 0 bridgehead atoms. The average molecular weight is 588 g/mol. The molecule has 42 heavy (non-hydrogen) atoms. The molecule has 216 valence electrons. The molecule has 3 amide bonds. The summed E-state index contributed by atoms with van der Waals surface area (Å²) in [5, 5.41) is 24.2. The van der Waals surface area contributed by atoms with Crippen LogP contribution in [0.2, 0.25) is 0 Å². The van der Waals surface area contributed by atoms with Gasteiger partial charge in [0.1, 0.15) is 35.9 Å². The zero-order chi connectivity index (χ0) is 29.8. The largest absolute Gasteiger partial charge is 0.508 e. The Kier molecular flexibility index (Phi) is 6.84. The number of hydrogen-bond acceptors (Lipinski definition) is 7. The topological polar surface area (TPSA) is 145 Å². The normalized spacial score (nSPS) is 22.3. The van der Waals surface area contributed by atoms with Crippen molar-refractivity contribution in [2.24, 2.45) is 0 Å². The molecule has 0 spiro atoms. The number of phenols is 1. The van der Waals surface area contributed by atoms with Gasteiger partial charge in [0.05, 0.1) is 0 Å². The maximum Gasteiger partial charge on any atom is 0.408 e. The van der Waals surface area contributed by atoms with Gasteiger partial charge in [-0.25, -0.2) is 9.59 Å². The smallest absolute Gasteiger partial charge is 0.408 e. The number of carboxylic acid groups (broad SMARTS) is 1. The summed E-state index contributed by atoms with van der Waals surface area (Å²) < 4.78 is 4.90. The van der Waals surface area contributed by atoms with Crippen molar-refractivity contribution in [1.82, 2.24) is 15.5 Å². The Hall–Kier alpha value is -4.51. The van der Waals surface area contributed by atoms with Gasteiger partial charge in [-0.1, -0.05) is 60.7 Å². The van der Waals surface area contributed by atoms with E-state index in [4.69, 9.17) is 4.74 Å². The molecule has 10 nitrogen and oxygen atoms in total. The Labute approximate surface area is 246 Å². The Bertz CT molecular complexity index is 1550. The van der Waals surface area contributed by atoms with Crippen LogP contribution >= 0.6 is 11.8 Å². The predicted octanol–water partition coefficient (Wildman–Crippen LogP) is 3.60. The van der Waals surface area contributed by atoms with E-state index in [1.165, 1.54) is 40.9 Å². The number of alkyl carbamates (subject to hydrolysis) is 1. The lowest BCUT2D eigenvalue weighted by atomic mass is 9.95. The van der Waals surface area contributed by atoms with Crippen LogP contribution in [0.5, 0.6) is 5.75 Å². The van der Waals surface area contributed by atoms with Gasteiger partial charge in [0.2, 0.25) is 11.8 Å². The van der Waals surface area contributed by atoms with Gasteiger partial charge in [-0.3, -0.25) is 9.59 Å². The molecule has 3 aromatic rings. The zero-order valence-electron chi connectivity index (χ0n) is 22.8. The molecule has 4 N–H and O–H groups in total. The van der Waals surface area contributed by atoms with Crippen molar-refractivity contribution < 1.29 is 34.1 Å². The summed E-state index contributed by atoms with van der Waals surface area (Å²) in [6, 6.07) is 18.4. The number of phenolic OH excluding ortho intramolecular Hbond substituents is 1. The fraction of sp³-hybridized carbons (Fsp3) is 0.290. The van der Waals surface area contributed by atoms with Crippen LogP contribution in [-0.2, 0) is 19.1 Å². The molecule has 0 saturated carbocycles. The third-order valence-corrected chi connectivity index (χ3v) is 9.64. The van der Waals surface area contributed by atoms with Gasteiger partial charge in [-0.2, -0.15) is 0 Å². The first kappa shape index (κ1) is 27.6. The Morgan fingerprint density at radius 3 is 2.17 bits per heavy atom. The highest BCUT2D eigenvalue weighted by molar-refractivity contribution is 8.01. The number of ether oxygens (including phenoxy) is 1. The molecule has 3 aliphatic rings. The van der Waals surface area contributed by atoms with Crippen LogP contribution in [-0.4, -0.2) is 67.8 Å². The highest BCUT2D eigenvalue weighted by atomic mass is 32.2. The lowest BCUT2D eigenvalue weighted by Crippen LogP contribution is -2.71. The van der Waals surface area contributed by atoms with Crippen molar-refractivity contribution in [2.45, 2.75) is 48.0 Å². The predicted molar refractivity (Wildman–Crippen MR) is 155 cm³/mol. The molecule has 4 atom stereocenters. The number of carbonyl (C=O) groups is 4. The lowest BCUT2D eigenvalue weighted by molar-refractivity contribution is -0.161. The van der Waals surface area contributed by atoms with Crippen LogP contribution in [0.25, 0.3) is 11.1 Å². The molecule has 2 heterocycles. The molecule has 2 saturated heterocycles. The number of fused-ring (bicyclic) bond motifs is 4. The van der Waals surface area contributed by atoms with Crippen LogP contribution in [0.4, 0.5) is 4.79 Å². The first-order valence-corrected chi connectivity index (χ1v) is 14.4. The molecule has 6 rings (SSSR count). The summed E-state index contributed by atoms with van der Waals surface area (Å²) in [7, 11) is 0. The molecule has 2 aliphatic heterocycles. The highest BCUT2D eigenvalue weighted by Gasteiger charge is 2.64. The van der Waals surface area contributed by atoms with E-state index in [0.717, 1.165) is 22.3 Å². The van der Waals surface area contributed by atoms with Gasteiger partial charge in [0.15, 0.2) is 0 Å². The quantitative estimate of drug-likeness (QED) is 0.307. The first-order chi connectivity index (χ1) is 20.1. The van der Waals surface area contributed by atoms with Crippen LogP contribution < -0.4 is 10.6 Å². The number of hydrogen-bond donors (Lipinski definition) is 4. The molecule has 3 aromatic carbocycles. The molecule has 0 unspecified atom stereocenters. The van der Waals surface area contributed by atoms with Crippen LogP contribution in [0.1, 0.15) is 42.5 Å². The van der Waals surface area contributed by atoms with E-state index in [0.29, 0.717) is 5.56 Å². The second-order valence-electron chi connectivity index (χ2n) is 11.1. The van der Waals surface area contributed by atoms with Crippen molar-refractivity contribution in [3.8, 4) is 16.9 Å². The monoisotopic (exact) mass is 587 g/mol. The minimum atomic E-state index is -1.24. The third-order valence-electron chi connectivity index (χ3n) is 8.07. The van der Waals surface area contributed by atoms with E-state index in [-0.39, 0.29) is 18.3 Å². The number of nitrogens with one attached hydrogen (secondary N) is 2. The molecular weight excluding hydrogens is 558 g/mol. The van der Waals surface area contributed by atoms with E-state index in [1.807, 2.05) is 48.5 Å². The van der Waals surface area contributed by atoms with E-state index in [2.05, 4.69) is 10.6 Å². The van der Waals surface area contributed by atoms with Crippen molar-refractivity contribution >= 4 is 35.6 Å². The summed E-state index contributed by atoms with van der Waals surface area (Å²) in [5.74, 6) is -2.46. The number of benzene rings is 3. The second kappa shape index (κ2) is 10.4. The molecule has 0 aromatic heterocycles. The van der Waals surface area contributed by atoms with Gasteiger partial charge in [-0.15, -0.1) is 11.8 Å². The fourth-order valence-electron chi connectivity index (χ4n) is 6.11. The number of thioether (sulfide) groups is 1. The standard InChI is InChI=1S/C31H29N3O7S/c1-31(2)25(29(38)39)34-27(37)24(28(34)42-31)32-26(36)23(16-11-13-17(35)14-12-16)33-30(40)41-15-22-20-9-5-3-7-18(20)19-8-4-6-10-21(19)22/h3-14,22-25,28,35H,15H2,1-2H3,(H,32,36)(H,33,40)(H,38,39)/t23-,24-,25+,28-/m1/s1. The highest BCUT2D eigenvalue weighted by Crippen LogP contribution is 2.51. The zero-order valence-corrected chi connectivity index (χ0v) is 23.6. The number of aliphatic carboxylic acids is 1. The number of aromatic hydroxyl groups is 1.